The molecule has 1 saturated carbocycles. The van der Waals surface area contributed by atoms with Crippen molar-refractivity contribution in [2.75, 3.05) is 11.9 Å². The SMILES string of the molecule is CN(c1ccc(CCl)cc1Cl)C1CCCCC1. The van der Waals surface area contributed by atoms with Crippen LogP contribution in [0.15, 0.2) is 18.2 Å². The van der Waals surface area contributed by atoms with Gasteiger partial charge < -0.3 is 4.90 Å². The molecule has 0 aromatic heterocycles. The van der Waals surface area contributed by atoms with Crippen LogP contribution in [0.5, 0.6) is 0 Å². The summed E-state index contributed by atoms with van der Waals surface area (Å²) in [6.45, 7) is 0. The van der Waals surface area contributed by atoms with Crippen LogP contribution in [0.3, 0.4) is 0 Å². The van der Waals surface area contributed by atoms with Crippen molar-refractivity contribution in [3.8, 4) is 0 Å². The molecule has 0 spiro atoms. The Labute approximate surface area is 114 Å². The van der Waals surface area contributed by atoms with Gasteiger partial charge in [0.2, 0.25) is 0 Å². The number of rotatable bonds is 3. The fraction of sp³-hybridized carbons (Fsp3) is 0.571. The van der Waals surface area contributed by atoms with Gasteiger partial charge in [-0.1, -0.05) is 36.9 Å². The lowest BCUT2D eigenvalue weighted by Gasteiger charge is -2.33. The van der Waals surface area contributed by atoms with E-state index in [4.69, 9.17) is 23.2 Å². The minimum absolute atomic E-state index is 0.521. The van der Waals surface area contributed by atoms with Gasteiger partial charge in [-0.05, 0) is 30.5 Å². The summed E-state index contributed by atoms with van der Waals surface area (Å²) < 4.78 is 0. The van der Waals surface area contributed by atoms with Crippen molar-refractivity contribution in [3.05, 3.63) is 28.8 Å². The summed E-state index contributed by atoms with van der Waals surface area (Å²) in [4.78, 5) is 2.33. The predicted octanol–water partition coefficient (Wildman–Crippen LogP) is 4.85. The summed E-state index contributed by atoms with van der Waals surface area (Å²) in [6.07, 6.45) is 6.62. The number of halogens is 2. The second-order valence-corrected chi connectivity index (χ2v) is 5.50. The monoisotopic (exact) mass is 271 g/mol. The molecule has 1 nitrogen and oxygen atoms in total. The van der Waals surface area contributed by atoms with E-state index in [1.807, 2.05) is 6.07 Å². The van der Waals surface area contributed by atoms with Gasteiger partial charge in [-0.15, -0.1) is 11.6 Å². The molecule has 1 aliphatic carbocycles. The zero-order valence-corrected chi connectivity index (χ0v) is 11.8. The van der Waals surface area contributed by atoms with Gasteiger partial charge in [-0.25, -0.2) is 0 Å². The highest BCUT2D eigenvalue weighted by Gasteiger charge is 2.19. The van der Waals surface area contributed by atoms with Gasteiger partial charge in [0.05, 0.1) is 10.7 Å². The first-order valence-electron chi connectivity index (χ1n) is 6.29. The summed E-state index contributed by atoms with van der Waals surface area (Å²) in [7, 11) is 2.15. The number of benzene rings is 1. The molecule has 0 atom stereocenters. The van der Waals surface area contributed by atoms with Crippen LogP contribution in [-0.2, 0) is 5.88 Å². The van der Waals surface area contributed by atoms with Gasteiger partial charge in [-0.3, -0.25) is 0 Å². The van der Waals surface area contributed by atoms with Crippen LogP contribution in [-0.4, -0.2) is 13.1 Å². The zero-order chi connectivity index (χ0) is 12.3. The lowest BCUT2D eigenvalue weighted by molar-refractivity contribution is 0.427. The summed E-state index contributed by atoms with van der Waals surface area (Å²) in [5.74, 6) is 0.521. The van der Waals surface area contributed by atoms with E-state index in [1.165, 1.54) is 32.1 Å². The van der Waals surface area contributed by atoms with Crippen LogP contribution in [0.25, 0.3) is 0 Å². The Hall–Kier alpha value is -0.400. The molecule has 1 aliphatic rings. The third-order valence-corrected chi connectivity index (χ3v) is 4.28. The van der Waals surface area contributed by atoms with Gasteiger partial charge >= 0.3 is 0 Å². The van der Waals surface area contributed by atoms with Gasteiger partial charge in [0, 0.05) is 19.0 Å². The van der Waals surface area contributed by atoms with Crippen molar-refractivity contribution >= 4 is 28.9 Å². The Balaban J connectivity index is 2.15. The second kappa shape index (κ2) is 5.97. The molecule has 0 bridgehead atoms. The van der Waals surface area contributed by atoms with E-state index in [0.717, 1.165) is 16.3 Å². The van der Waals surface area contributed by atoms with E-state index in [0.29, 0.717) is 11.9 Å². The largest absolute Gasteiger partial charge is 0.370 e. The van der Waals surface area contributed by atoms with Gasteiger partial charge in [-0.2, -0.15) is 0 Å². The quantitative estimate of drug-likeness (QED) is 0.711. The topological polar surface area (TPSA) is 3.24 Å². The Morgan fingerprint density at radius 3 is 2.53 bits per heavy atom. The van der Waals surface area contributed by atoms with Crippen molar-refractivity contribution in [2.24, 2.45) is 0 Å². The Bertz CT molecular complexity index is 372. The number of anilines is 1. The maximum absolute atomic E-state index is 6.32. The molecule has 0 saturated heterocycles. The van der Waals surface area contributed by atoms with E-state index in [1.54, 1.807) is 0 Å². The minimum Gasteiger partial charge on any atom is -0.370 e. The van der Waals surface area contributed by atoms with Crippen LogP contribution < -0.4 is 4.90 Å². The molecular weight excluding hydrogens is 253 g/mol. The summed E-state index contributed by atoms with van der Waals surface area (Å²) >= 11 is 12.1. The molecule has 3 heteroatoms. The minimum atomic E-state index is 0.521. The fourth-order valence-corrected chi connectivity index (χ4v) is 3.09. The summed E-state index contributed by atoms with van der Waals surface area (Å²) in [5, 5.41) is 0.816. The highest BCUT2D eigenvalue weighted by atomic mass is 35.5. The second-order valence-electron chi connectivity index (χ2n) is 4.82. The maximum atomic E-state index is 6.32. The first-order chi connectivity index (χ1) is 8.22. The molecule has 1 aromatic rings. The first kappa shape index (κ1) is 13.0. The van der Waals surface area contributed by atoms with E-state index in [-0.39, 0.29) is 0 Å². The molecule has 94 valence electrons. The van der Waals surface area contributed by atoms with E-state index in [9.17, 15) is 0 Å². The number of alkyl halides is 1. The normalized spacial score (nSPS) is 17.1. The fourth-order valence-electron chi connectivity index (χ4n) is 2.58. The third-order valence-electron chi connectivity index (χ3n) is 3.67. The Kier molecular flexibility index (Phi) is 4.58. The lowest BCUT2D eigenvalue weighted by Crippen LogP contribution is -2.33. The van der Waals surface area contributed by atoms with Crippen molar-refractivity contribution in [1.82, 2.24) is 0 Å². The van der Waals surface area contributed by atoms with Crippen LogP contribution in [0, 0.1) is 0 Å². The van der Waals surface area contributed by atoms with Gasteiger partial charge in [0.25, 0.3) is 0 Å². The van der Waals surface area contributed by atoms with Crippen LogP contribution >= 0.6 is 23.2 Å². The van der Waals surface area contributed by atoms with Gasteiger partial charge in [0.15, 0.2) is 0 Å². The van der Waals surface area contributed by atoms with E-state index in [2.05, 4.69) is 24.1 Å². The smallest absolute Gasteiger partial charge is 0.0642 e. The highest BCUT2D eigenvalue weighted by Crippen LogP contribution is 2.31. The molecule has 0 amide bonds. The lowest BCUT2D eigenvalue weighted by atomic mass is 9.94. The maximum Gasteiger partial charge on any atom is 0.0642 e. The number of hydrogen-bond acceptors (Lipinski definition) is 1. The molecule has 0 unspecified atom stereocenters. The van der Waals surface area contributed by atoms with E-state index < -0.39 is 0 Å². The summed E-state index contributed by atoms with van der Waals surface area (Å²) in [5.41, 5.74) is 2.21. The third kappa shape index (κ3) is 3.08. The molecule has 0 heterocycles. The van der Waals surface area contributed by atoms with Crippen LogP contribution in [0.4, 0.5) is 5.69 Å². The molecule has 0 aliphatic heterocycles. The van der Waals surface area contributed by atoms with Crippen molar-refractivity contribution in [1.29, 1.82) is 0 Å². The zero-order valence-electron chi connectivity index (χ0n) is 10.3. The van der Waals surface area contributed by atoms with Crippen LogP contribution in [0.1, 0.15) is 37.7 Å². The molecule has 0 radical (unpaired) electrons. The van der Waals surface area contributed by atoms with E-state index >= 15 is 0 Å². The standard InChI is InChI=1S/C14H19Cl2N/c1-17(12-5-3-2-4-6-12)14-8-7-11(10-15)9-13(14)16/h7-9,12H,2-6,10H2,1H3. The van der Waals surface area contributed by atoms with Crippen LogP contribution in [0.2, 0.25) is 5.02 Å². The highest BCUT2D eigenvalue weighted by molar-refractivity contribution is 6.33. The Morgan fingerprint density at radius 2 is 1.94 bits per heavy atom. The molecule has 17 heavy (non-hydrogen) atoms. The predicted molar refractivity (Wildman–Crippen MR) is 76.3 cm³/mol. The number of hydrogen-bond donors (Lipinski definition) is 0. The van der Waals surface area contributed by atoms with Crippen molar-refractivity contribution < 1.29 is 0 Å². The van der Waals surface area contributed by atoms with Crippen molar-refractivity contribution in [2.45, 2.75) is 44.0 Å². The molecular formula is C14H19Cl2N. The average molecular weight is 272 g/mol. The number of nitrogens with zero attached hydrogens (tertiary/aromatic N) is 1. The molecule has 0 N–H and O–H groups in total. The van der Waals surface area contributed by atoms with Crippen molar-refractivity contribution in [3.63, 3.8) is 0 Å². The molecule has 1 fully saturated rings. The molecule has 2 rings (SSSR count). The average Bonchev–Trinajstić information content (AvgIpc) is 2.39. The summed E-state index contributed by atoms with van der Waals surface area (Å²) in [6, 6.07) is 6.77. The molecule has 1 aromatic carbocycles. The first-order valence-corrected chi connectivity index (χ1v) is 7.21. The van der Waals surface area contributed by atoms with Gasteiger partial charge in [0.1, 0.15) is 0 Å². The Morgan fingerprint density at radius 1 is 1.24 bits per heavy atom.